The van der Waals surface area contributed by atoms with Crippen molar-refractivity contribution < 1.29 is 0 Å². The summed E-state index contributed by atoms with van der Waals surface area (Å²) in [5.74, 6) is 4.07. The van der Waals surface area contributed by atoms with Gasteiger partial charge in [-0.3, -0.25) is 0 Å². The van der Waals surface area contributed by atoms with E-state index in [4.69, 9.17) is 0 Å². The highest BCUT2D eigenvalue weighted by Gasteiger charge is 2.28. The Bertz CT molecular complexity index is 189. The Morgan fingerprint density at radius 3 is 2.25 bits per heavy atom. The van der Waals surface area contributed by atoms with Crippen molar-refractivity contribution in [2.45, 2.75) is 46.0 Å². The van der Waals surface area contributed by atoms with Crippen molar-refractivity contribution in [1.82, 2.24) is 0 Å². The summed E-state index contributed by atoms with van der Waals surface area (Å²) in [4.78, 5) is 2.87. The average Bonchev–Trinajstić information content (AvgIpc) is 2.06. The summed E-state index contributed by atoms with van der Waals surface area (Å²) in [6.07, 6.45) is 6.97. The standard InChI is InChI=1S/C11H17Br/c1-11(2,8-9-12)10-6-4-3-5-7-10/h10H,3-7H2,1-2H3. The fourth-order valence-electron chi connectivity index (χ4n) is 2.05. The highest BCUT2D eigenvalue weighted by Crippen LogP contribution is 2.37. The number of hydrogen-bond donors (Lipinski definition) is 0. The maximum Gasteiger partial charge on any atom is 0.0295 e. The normalized spacial score (nSPS) is 19.9. The minimum atomic E-state index is 0.212. The van der Waals surface area contributed by atoms with E-state index < -0.39 is 0 Å². The second kappa shape index (κ2) is 4.33. The molecule has 1 aliphatic rings. The van der Waals surface area contributed by atoms with Gasteiger partial charge in [0.1, 0.15) is 0 Å². The molecule has 1 saturated carbocycles. The molecule has 68 valence electrons. The van der Waals surface area contributed by atoms with Crippen LogP contribution in [0.25, 0.3) is 0 Å². The summed E-state index contributed by atoms with van der Waals surface area (Å²) in [6.45, 7) is 4.52. The fraction of sp³-hybridized carbons (Fsp3) is 0.818. The SMILES string of the molecule is CC(C)(C#CBr)C1CCCCC1. The summed E-state index contributed by atoms with van der Waals surface area (Å²) in [7, 11) is 0. The van der Waals surface area contributed by atoms with Crippen LogP contribution in [0.1, 0.15) is 46.0 Å². The zero-order valence-corrected chi connectivity index (χ0v) is 9.58. The highest BCUT2D eigenvalue weighted by atomic mass is 79.9. The molecule has 0 heterocycles. The molecule has 0 aromatic rings. The van der Waals surface area contributed by atoms with E-state index in [0.29, 0.717) is 0 Å². The Hall–Kier alpha value is 0.0400. The molecule has 0 amide bonds. The third-order valence-corrected chi connectivity index (χ3v) is 3.19. The van der Waals surface area contributed by atoms with E-state index in [2.05, 4.69) is 40.5 Å². The number of rotatable bonds is 1. The molecule has 0 aromatic heterocycles. The summed E-state index contributed by atoms with van der Waals surface area (Å²) in [6, 6.07) is 0. The third kappa shape index (κ3) is 2.52. The molecule has 0 unspecified atom stereocenters. The average molecular weight is 229 g/mol. The van der Waals surface area contributed by atoms with E-state index in [1.807, 2.05) is 0 Å². The van der Waals surface area contributed by atoms with E-state index in [0.717, 1.165) is 5.92 Å². The van der Waals surface area contributed by atoms with Gasteiger partial charge in [0.05, 0.1) is 0 Å². The van der Waals surface area contributed by atoms with Crippen molar-refractivity contribution in [3.8, 4) is 10.8 Å². The Kier molecular flexibility index (Phi) is 3.65. The van der Waals surface area contributed by atoms with Crippen molar-refractivity contribution in [3.05, 3.63) is 0 Å². The molecule has 0 bridgehead atoms. The Morgan fingerprint density at radius 1 is 1.17 bits per heavy atom. The monoisotopic (exact) mass is 228 g/mol. The van der Waals surface area contributed by atoms with Crippen LogP contribution in [-0.4, -0.2) is 0 Å². The maximum absolute atomic E-state index is 3.26. The third-order valence-electron chi connectivity index (χ3n) is 3.00. The molecule has 1 aliphatic carbocycles. The summed E-state index contributed by atoms with van der Waals surface area (Å²) >= 11 is 3.19. The fourth-order valence-corrected chi connectivity index (χ4v) is 2.56. The largest absolute Gasteiger partial charge is 0.0842 e. The molecule has 12 heavy (non-hydrogen) atoms. The maximum atomic E-state index is 3.26. The van der Waals surface area contributed by atoms with Crippen LogP contribution in [0.5, 0.6) is 0 Å². The Labute approximate surface area is 84.2 Å². The van der Waals surface area contributed by atoms with Gasteiger partial charge in [0.2, 0.25) is 0 Å². The van der Waals surface area contributed by atoms with Gasteiger partial charge < -0.3 is 0 Å². The van der Waals surface area contributed by atoms with Crippen LogP contribution < -0.4 is 0 Å². The highest BCUT2D eigenvalue weighted by molar-refractivity contribution is 9.12. The summed E-state index contributed by atoms with van der Waals surface area (Å²) < 4.78 is 0. The number of hydrogen-bond acceptors (Lipinski definition) is 0. The summed E-state index contributed by atoms with van der Waals surface area (Å²) in [5.41, 5.74) is 0.212. The molecule has 0 aliphatic heterocycles. The quantitative estimate of drug-likeness (QED) is 0.597. The van der Waals surface area contributed by atoms with Crippen molar-refractivity contribution in [2.75, 3.05) is 0 Å². The molecule has 1 fully saturated rings. The van der Waals surface area contributed by atoms with Gasteiger partial charge in [-0.1, -0.05) is 25.2 Å². The van der Waals surface area contributed by atoms with Crippen LogP contribution in [0.15, 0.2) is 0 Å². The lowest BCUT2D eigenvalue weighted by Gasteiger charge is -2.32. The van der Waals surface area contributed by atoms with Crippen molar-refractivity contribution in [1.29, 1.82) is 0 Å². The summed E-state index contributed by atoms with van der Waals surface area (Å²) in [5, 5.41) is 0. The molecule has 0 N–H and O–H groups in total. The zero-order chi connectivity index (χ0) is 9.03. The first-order valence-corrected chi connectivity index (χ1v) is 5.59. The van der Waals surface area contributed by atoms with Crippen molar-refractivity contribution >= 4 is 15.9 Å². The second-order valence-corrected chi connectivity index (χ2v) is 4.67. The Morgan fingerprint density at radius 2 is 1.75 bits per heavy atom. The minimum Gasteiger partial charge on any atom is -0.0842 e. The van der Waals surface area contributed by atoms with E-state index in [1.54, 1.807) is 0 Å². The van der Waals surface area contributed by atoms with Gasteiger partial charge in [0, 0.05) is 21.3 Å². The molecule has 0 radical (unpaired) electrons. The van der Waals surface area contributed by atoms with Crippen LogP contribution in [-0.2, 0) is 0 Å². The van der Waals surface area contributed by atoms with E-state index in [-0.39, 0.29) is 5.41 Å². The topological polar surface area (TPSA) is 0 Å². The van der Waals surface area contributed by atoms with Crippen molar-refractivity contribution in [3.63, 3.8) is 0 Å². The van der Waals surface area contributed by atoms with E-state index in [9.17, 15) is 0 Å². The minimum absolute atomic E-state index is 0.212. The van der Waals surface area contributed by atoms with Crippen molar-refractivity contribution in [2.24, 2.45) is 11.3 Å². The van der Waals surface area contributed by atoms with Crippen LogP contribution in [0, 0.1) is 22.1 Å². The number of halogens is 1. The second-order valence-electron chi connectivity index (χ2n) is 4.28. The Balaban J connectivity index is 2.57. The van der Waals surface area contributed by atoms with Crippen LogP contribution in [0.3, 0.4) is 0 Å². The van der Waals surface area contributed by atoms with Gasteiger partial charge in [-0.15, -0.1) is 0 Å². The first-order valence-electron chi connectivity index (χ1n) is 4.79. The molecule has 0 atom stereocenters. The van der Waals surface area contributed by atoms with Gasteiger partial charge in [0.15, 0.2) is 0 Å². The van der Waals surface area contributed by atoms with Crippen LogP contribution in [0.4, 0.5) is 0 Å². The van der Waals surface area contributed by atoms with Crippen LogP contribution >= 0.6 is 15.9 Å². The lowest BCUT2D eigenvalue weighted by Crippen LogP contribution is -2.24. The lowest BCUT2D eigenvalue weighted by atomic mass is 9.72. The lowest BCUT2D eigenvalue weighted by molar-refractivity contribution is 0.220. The smallest absolute Gasteiger partial charge is 0.0295 e. The van der Waals surface area contributed by atoms with Gasteiger partial charge >= 0.3 is 0 Å². The molecule has 0 aromatic carbocycles. The van der Waals surface area contributed by atoms with Gasteiger partial charge in [0.25, 0.3) is 0 Å². The molecule has 1 rings (SSSR count). The zero-order valence-electron chi connectivity index (χ0n) is 7.99. The van der Waals surface area contributed by atoms with Gasteiger partial charge in [-0.05, 0) is 37.4 Å². The first kappa shape index (κ1) is 10.1. The van der Waals surface area contributed by atoms with E-state index in [1.165, 1.54) is 32.1 Å². The van der Waals surface area contributed by atoms with Gasteiger partial charge in [-0.25, -0.2) is 0 Å². The molecule has 0 nitrogen and oxygen atoms in total. The van der Waals surface area contributed by atoms with E-state index >= 15 is 0 Å². The van der Waals surface area contributed by atoms with Gasteiger partial charge in [-0.2, -0.15) is 0 Å². The molecule has 1 heteroatoms. The predicted octanol–water partition coefficient (Wildman–Crippen LogP) is 3.95. The molecular weight excluding hydrogens is 212 g/mol. The predicted molar refractivity (Wildman–Crippen MR) is 57.1 cm³/mol. The molecular formula is C11H17Br. The first-order chi connectivity index (χ1) is 5.67. The molecule has 0 saturated heterocycles. The van der Waals surface area contributed by atoms with Crippen LogP contribution in [0.2, 0.25) is 0 Å². The molecule has 0 spiro atoms.